The van der Waals surface area contributed by atoms with Crippen molar-refractivity contribution < 1.29 is 27.4 Å². The number of sulfonamides is 1. The van der Waals surface area contributed by atoms with Crippen molar-refractivity contribution in [3.63, 3.8) is 0 Å². The summed E-state index contributed by atoms with van der Waals surface area (Å²) in [5, 5.41) is 15.7. The third-order valence-electron chi connectivity index (χ3n) is 5.43. The van der Waals surface area contributed by atoms with Crippen LogP contribution in [-0.2, 0) is 28.2 Å². The second-order valence-electron chi connectivity index (χ2n) is 7.18. The van der Waals surface area contributed by atoms with Gasteiger partial charge in [0.15, 0.2) is 0 Å². The van der Waals surface area contributed by atoms with Crippen LogP contribution in [0.25, 0.3) is 0 Å². The van der Waals surface area contributed by atoms with Crippen LogP contribution in [0.2, 0.25) is 0 Å². The summed E-state index contributed by atoms with van der Waals surface area (Å²) >= 11 is 0. The number of ether oxygens (including phenoxy) is 1. The Morgan fingerprint density at radius 1 is 1.16 bits per heavy atom. The molecule has 0 aliphatic carbocycles. The lowest BCUT2D eigenvalue weighted by atomic mass is 9.94. The maximum absolute atomic E-state index is 13.5. The Balaban J connectivity index is 2.05. The Hall–Kier alpha value is -3.01. The van der Waals surface area contributed by atoms with E-state index in [1.807, 2.05) is 0 Å². The van der Waals surface area contributed by atoms with Gasteiger partial charge in [0.25, 0.3) is 0 Å². The van der Waals surface area contributed by atoms with E-state index < -0.39 is 33.0 Å². The molecule has 1 heterocycles. The molecule has 0 saturated heterocycles. The molecule has 164 valence electrons. The van der Waals surface area contributed by atoms with Gasteiger partial charge < -0.3 is 14.4 Å². The van der Waals surface area contributed by atoms with E-state index in [4.69, 9.17) is 9.88 Å². The SMILES string of the molecule is COc1cc(F)ccc1C(=O)c1ccc(CC(CO)(c2ccccc2)S(N)(=O)=O)n1C. The van der Waals surface area contributed by atoms with E-state index in [2.05, 4.69) is 0 Å². The van der Waals surface area contributed by atoms with Crippen LogP contribution < -0.4 is 9.88 Å². The number of hydrogen-bond donors (Lipinski definition) is 2. The third kappa shape index (κ3) is 4.12. The van der Waals surface area contributed by atoms with Crippen molar-refractivity contribution in [3.8, 4) is 5.75 Å². The molecule has 3 N–H and O–H groups in total. The molecule has 0 saturated carbocycles. The van der Waals surface area contributed by atoms with Gasteiger partial charge in [0.1, 0.15) is 16.3 Å². The second-order valence-corrected chi connectivity index (χ2v) is 9.05. The Morgan fingerprint density at radius 3 is 2.42 bits per heavy atom. The number of aromatic nitrogens is 1. The highest BCUT2D eigenvalue weighted by molar-refractivity contribution is 7.90. The number of nitrogens with zero attached hydrogens (tertiary/aromatic N) is 1. The van der Waals surface area contributed by atoms with E-state index in [-0.39, 0.29) is 23.4 Å². The number of methoxy groups -OCH3 is 1. The number of benzene rings is 2. The van der Waals surface area contributed by atoms with Crippen molar-refractivity contribution in [2.75, 3.05) is 13.7 Å². The highest BCUT2D eigenvalue weighted by atomic mass is 32.2. The van der Waals surface area contributed by atoms with Crippen molar-refractivity contribution in [3.05, 3.63) is 89.0 Å². The van der Waals surface area contributed by atoms with E-state index >= 15 is 0 Å². The Labute approximate surface area is 179 Å². The highest BCUT2D eigenvalue weighted by Gasteiger charge is 2.44. The summed E-state index contributed by atoms with van der Waals surface area (Å²) in [7, 11) is -1.29. The number of aliphatic hydroxyl groups excluding tert-OH is 1. The number of carbonyl (C=O) groups is 1. The van der Waals surface area contributed by atoms with Crippen LogP contribution in [0.5, 0.6) is 5.75 Å². The molecule has 0 spiro atoms. The van der Waals surface area contributed by atoms with Gasteiger partial charge in [0.2, 0.25) is 15.8 Å². The van der Waals surface area contributed by atoms with Crippen molar-refractivity contribution in [1.82, 2.24) is 4.57 Å². The van der Waals surface area contributed by atoms with Crippen LogP contribution in [0.15, 0.2) is 60.7 Å². The lowest BCUT2D eigenvalue weighted by Crippen LogP contribution is -2.46. The number of halogens is 1. The largest absolute Gasteiger partial charge is 0.496 e. The first-order valence-electron chi connectivity index (χ1n) is 9.36. The monoisotopic (exact) mass is 446 g/mol. The minimum Gasteiger partial charge on any atom is -0.496 e. The minimum absolute atomic E-state index is 0.0891. The summed E-state index contributed by atoms with van der Waals surface area (Å²) in [6.07, 6.45) is -0.156. The number of primary sulfonamides is 1. The van der Waals surface area contributed by atoms with Crippen LogP contribution in [0.1, 0.15) is 27.3 Å². The van der Waals surface area contributed by atoms with Gasteiger partial charge in [-0.3, -0.25) is 4.79 Å². The minimum atomic E-state index is -4.23. The fourth-order valence-electron chi connectivity index (χ4n) is 3.59. The number of nitrogens with two attached hydrogens (primary N) is 1. The Morgan fingerprint density at radius 2 is 1.84 bits per heavy atom. The normalized spacial score (nSPS) is 13.6. The van der Waals surface area contributed by atoms with Crippen molar-refractivity contribution in [1.29, 1.82) is 0 Å². The third-order valence-corrected chi connectivity index (χ3v) is 7.03. The fraction of sp³-hybridized carbons (Fsp3) is 0.227. The average molecular weight is 447 g/mol. The second kappa shape index (κ2) is 8.62. The first-order chi connectivity index (χ1) is 14.6. The Kier molecular flexibility index (Phi) is 6.30. The smallest absolute Gasteiger partial charge is 0.221 e. The van der Waals surface area contributed by atoms with Crippen LogP contribution >= 0.6 is 0 Å². The van der Waals surface area contributed by atoms with Crippen molar-refractivity contribution in [2.45, 2.75) is 11.2 Å². The van der Waals surface area contributed by atoms with Gasteiger partial charge in [-0.1, -0.05) is 30.3 Å². The predicted octanol–water partition coefficient (Wildman–Crippen LogP) is 2.12. The average Bonchev–Trinajstić information content (AvgIpc) is 3.11. The lowest BCUT2D eigenvalue weighted by molar-refractivity contribution is 0.102. The first kappa shape index (κ1) is 22.7. The molecule has 1 aromatic heterocycles. The first-order valence-corrected chi connectivity index (χ1v) is 10.9. The number of aliphatic hydroxyl groups is 1. The van der Waals surface area contributed by atoms with E-state index in [1.165, 1.54) is 23.8 Å². The molecule has 2 aromatic carbocycles. The van der Waals surface area contributed by atoms with Gasteiger partial charge in [-0.05, 0) is 29.8 Å². The molecule has 3 aromatic rings. The topological polar surface area (TPSA) is 112 Å². The molecule has 0 bridgehead atoms. The van der Waals surface area contributed by atoms with Gasteiger partial charge in [-0.25, -0.2) is 17.9 Å². The van der Waals surface area contributed by atoms with E-state index in [9.17, 15) is 22.7 Å². The molecule has 31 heavy (non-hydrogen) atoms. The van der Waals surface area contributed by atoms with Crippen LogP contribution in [0.4, 0.5) is 4.39 Å². The standard InChI is InChI=1S/C22H23FN2O5S/c1-25-17(13-22(14-26,31(24,28)29)15-6-4-3-5-7-15)9-11-19(25)21(27)18-10-8-16(23)12-20(18)30-2/h3-12,26H,13-14H2,1-2H3,(H2,24,28,29). The van der Waals surface area contributed by atoms with Crippen molar-refractivity contribution >= 4 is 15.8 Å². The van der Waals surface area contributed by atoms with Crippen LogP contribution in [0, 0.1) is 5.82 Å². The summed E-state index contributed by atoms with van der Waals surface area (Å²) < 4.78 is 43.5. The van der Waals surface area contributed by atoms with Gasteiger partial charge in [0.05, 0.1) is 25.0 Å². The molecule has 0 aliphatic rings. The van der Waals surface area contributed by atoms with E-state index in [0.717, 1.165) is 12.1 Å². The van der Waals surface area contributed by atoms with Crippen LogP contribution in [0.3, 0.4) is 0 Å². The zero-order chi connectivity index (χ0) is 22.8. The number of hydrogen-bond acceptors (Lipinski definition) is 5. The molecular weight excluding hydrogens is 423 g/mol. The molecule has 0 aliphatic heterocycles. The number of ketones is 1. The summed E-state index contributed by atoms with van der Waals surface area (Å²) in [4.78, 5) is 13.1. The molecule has 7 nitrogen and oxygen atoms in total. The summed E-state index contributed by atoms with van der Waals surface area (Å²) in [5.74, 6) is -0.869. The predicted molar refractivity (Wildman–Crippen MR) is 114 cm³/mol. The number of rotatable bonds is 8. The molecule has 0 radical (unpaired) electrons. The Bertz CT molecular complexity index is 1210. The van der Waals surface area contributed by atoms with Crippen LogP contribution in [-0.4, -0.2) is 37.6 Å². The summed E-state index contributed by atoms with van der Waals surface area (Å²) in [5.41, 5.74) is 1.22. The molecule has 9 heteroatoms. The van der Waals surface area contributed by atoms with Gasteiger partial charge in [-0.2, -0.15) is 0 Å². The molecule has 3 rings (SSSR count). The molecular formula is C22H23FN2O5S. The molecule has 1 atom stereocenters. The quantitative estimate of drug-likeness (QED) is 0.515. The van der Waals surface area contributed by atoms with Crippen molar-refractivity contribution in [2.24, 2.45) is 12.2 Å². The lowest BCUT2D eigenvalue weighted by Gasteiger charge is -2.30. The van der Waals surface area contributed by atoms with E-state index in [0.29, 0.717) is 11.3 Å². The number of carbonyl (C=O) groups excluding carboxylic acids is 1. The summed E-state index contributed by atoms with van der Waals surface area (Å²) in [6.45, 7) is -0.740. The maximum Gasteiger partial charge on any atom is 0.221 e. The fourth-order valence-corrected chi connectivity index (χ4v) is 4.58. The molecule has 0 amide bonds. The zero-order valence-corrected chi connectivity index (χ0v) is 17.9. The summed E-state index contributed by atoms with van der Waals surface area (Å²) in [6, 6.07) is 14.9. The molecule has 1 unspecified atom stereocenters. The van der Waals surface area contributed by atoms with Gasteiger partial charge in [0, 0.05) is 25.2 Å². The van der Waals surface area contributed by atoms with Gasteiger partial charge >= 0.3 is 0 Å². The molecule has 0 fully saturated rings. The highest BCUT2D eigenvalue weighted by Crippen LogP contribution is 2.33. The van der Waals surface area contributed by atoms with Gasteiger partial charge in [-0.15, -0.1) is 0 Å². The maximum atomic E-state index is 13.5. The zero-order valence-electron chi connectivity index (χ0n) is 17.1. The van der Waals surface area contributed by atoms with E-state index in [1.54, 1.807) is 43.4 Å².